The Bertz CT molecular complexity index is 1290. The molecule has 0 saturated heterocycles. The van der Waals surface area contributed by atoms with Gasteiger partial charge in [0.2, 0.25) is 0 Å². The quantitative estimate of drug-likeness (QED) is 0.325. The first-order valence-electron chi connectivity index (χ1n) is 8.92. The van der Waals surface area contributed by atoms with Crippen LogP contribution in [0.25, 0.3) is 37.9 Å². The highest BCUT2D eigenvalue weighted by atomic mass is 32.1. The average molecular weight is 367 g/mol. The normalized spacial score (nSPS) is 11.3. The van der Waals surface area contributed by atoms with Crippen LogP contribution in [0.4, 0.5) is 0 Å². The Hall–Kier alpha value is -3.17. The molecule has 0 fully saturated rings. The van der Waals surface area contributed by atoms with Gasteiger partial charge in [-0.1, -0.05) is 42.5 Å². The van der Waals surface area contributed by atoms with Crippen LogP contribution < -0.4 is 0 Å². The lowest BCUT2D eigenvalue weighted by Gasteiger charge is -2.07. The van der Waals surface area contributed by atoms with E-state index in [9.17, 15) is 4.79 Å². The first-order chi connectivity index (χ1) is 13.2. The van der Waals surface area contributed by atoms with E-state index in [-0.39, 0.29) is 5.78 Å². The van der Waals surface area contributed by atoms with Crippen LogP contribution in [0.5, 0.6) is 0 Å². The number of hydrogen-bond donors (Lipinski definition) is 0. The molecule has 0 unspecified atom stereocenters. The van der Waals surface area contributed by atoms with E-state index in [1.807, 2.05) is 18.2 Å². The van der Waals surface area contributed by atoms with Crippen molar-refractivity contribution in [3.05, 3.63) is 89.8 Å². The SMILES string of the molecule is CC(=O)c1ccc(-c2ccc3c(c2)c2ccccc2n3-c2ccccc2)s1. The Labute approximate surface area is 161 Å². The molecule has 2 aromatic heterocycles. The number of rotatable bonds is 3. The zero-order valence-corrected chi connectivity index (χ0v) is 15.7. The lowest BCUT2D eigenvalue weighted by atomic mass is 10.1. The van der Waals surface area contributed by atoms with Crippen LogP contribution in [-0.4, -0.2) is 10.4 Å². The highest BCUT2D eigenvalue weighted by Crippen LogP contribution is 2.36. The second-order valence-electron chi connectivity index (χ2n) is 6.64. The van der Waals surface area contributed by atoms with Gasteiger partial charge >= 0.3 is 0 Å². The maximum Gasteiger partial charge on any atom is 0.169 e. The van der Waals surface area contributed by atoms with Crippen molar-refractivity contribution in [2.45, 2.75) is 6.92 Å². The fourth-order valence-electron chi connectivity index (χ4n) is 3.66. The monoisotopic (exact) mass is 367 g/mol. The highest BCUT2D eigenvalue weighted by Gasteiger charge is 2.13. The minimum absolute atomic E-state index is 0.119. The summed E-state index contributed by atoms with van der Waals surface area (Å²) in [6, 6.07) is 29.5. The van der Waals surface area contributed by atoms with Gasteiger partial charge in [-0.25, -0.2) is 0 Å². The smallest absolute Gasteiger partial charge is 0.169 e. The highest BCUT2D eigenvalue weighted by molar-refractivity contribution is 7.17. The number of ketones is 1. The van der Waals surface area contributed by atoms with E-state index in [1.165, 1.54) is 21.8 Å². The fraction of sp³-hybridized carbons (Fsp3) is 0.0417. The molecule has 0 saturated carbocycles. The predicted molar refractivity (Wildman–Crippen MR) is 114 cm³/mol. The van der Waals surface area contributed by atoms with Crippen LogP contribution >= 0.6 is 11.3 Å². The number of para-hydroxylation sites is 2. The summed E-state index contributed by atoms with van der Waals surface area (Å²) in [6.45, 7) is 1.62. The molecule has 27 heavy (non-hydrogen) atoms. The third-order valence-electron chi connectivity index (χ3n) is 4.92. The summed E-state index contributed by atoms with van der Waals surface area (Å²) in [7, 11) is 0. The van der Waals surface area contributed by atoms with E-state index in [4.69, 9.17) is 0 Å². The minimum Gasteiger partial charge on any atom is -0.309 e. The Morgan fingerprint density at radius 2 is 1.52 bits per heavy atom. The zero-order valence-electron chi connectivity index (χ0n) is 14.8. The molecule has 130 valence electrons. The first-order valence-corrected chi connectivity index (χ1v) is 9.74. The number of hydrogen-bond acceptors (Lipinski definition) is 2. The predicted octanol–water partition coefficient (Wildman–Crippen LogP) is 6.71. The Morgan fingerprint density at radius 3 is 2.30 bits per heavy atom. The molecular weight excluding hydrogens is 350 g/mol. The molecule has 0 bridgehead atoms. The second kappa shape index (κ2) is 6.22. The molecule has 0 atom stereocenters. The molecule has 2 nitrogen and oxygen atoms in total. The molecule has 0 amide bonds. The van der Waals surface area contributed by atoms with Gasteiger partial charge in [-0.15, -0.1) is 11.3 Å². The molecule has 2 heterocycles. The lowest BCUT2D eigenvalue weighted by Crippen LogP contribution is -1.92. The van der Waals surface area contributed by atoms with Gasteiger partial charge in [-0.05, 0) is 55.0 Å². The Balaban J connectivity index is 1.78. The van der Waals surface area contributed by atoms with Crippen molar-refractivity contribution in [1.82, 2.24) is 4.57 Å². The average Bonchev–Trinajstić information content (AvgIpc) is 3.32. The van der Waals surface area contributed by atoms with E-state index in [0.717, 1.165) is 21.0 Å². The molecule has 0 aliphatic heterocycles. The largest absolute Gasteiger partial charge is 0.309 e. The van der Waals surface area contributed by atoms with Crippen molar-refractivity contribution < 1.29 is 4.79 Å². The number of carbonyl (C=O) groups is 1. The maximum absolute atomic E-state index is 11.6. The third kappa shape index (κ3) is 2.59. The van der Waals surface area contributed by atoms with Crippen LogP contribution in [0.2, 0.25) is 0 Å². The second-order valence-corrected chi connectivity index (χ2v) is 7.72. The third-order valence-corrected chi connectivity index (χ3v) is 6.16. The van der Waals surface area contributed by atoms with Gasteiger partial charge in [0, 0.05) is 21.3 Å². The number of carbonyl (C=O) groups excluding carboxylic acids is 1. The summed E-state index contributed by atoms with van der Waals surface area (Å²) < 4.78 is 2.31. The zero-order chi connectivity index (χ0) is 18.4. The van der Waals surface area contributed by atoms with E-state index in [0.29, 0.717) is 0 Å². The van der Waals surface area contributed by atoms with Crippen LogP contribution in [0.1, 0.15) is 16.6 Å². The molecule has 5 rings (SSSR count). The van der Waals surface area contributed by atoms with Crippen LogP contribution in [0, 0.1) is 0 Å². The first kappa shape index (κ1) is 16.0. The van der Waals surface area contributed by atoms with E-state index < -0.39 is 0 Å². The molecule has 0 aliphatic rings. The number of aromatic nitrogens is 1. The molecule has 0 N–H and O–H groups in total. The summed E-state index contributed by atoms with van der Waals surface area (Å²) in [4.78, 5) is 13.6. The van der Waals surface area contributed by atoms with Gasteiger partial charge in [-0.3, -0.25) is 4.79 Å². The van der Waals surface area contributed by atoms with Crippen molar-refractivity contribution in [2.75, 3.05) is 0 Å². The molecule has 5 aromatic rings. The van der Waals surface area contributed by atoms with Crippen LogP contribution in [0.3, 0.4) is 0 Å². The van der Waals surface area contributed by atoms with Gasteiger partial charge in [0.05, 0.1) is 15.9 Å². The minimum atomic E-state index is 0.119. The Morgan fingerprint density at radius 1 is 0.778 bits per heavy atom. The molecule has 3 heteroatoms. The van der Waals surface area contributed by atoms with E-state index in [2.05, 4.69) is 71.3 Å². The number of nitrogens with zero attached hydrogens (tertiary/aromatic N) is 1. The standard InChI is InChI=1S/C24H17NOS/c1-16(26)23-13-14-24(27-23)17-11-12-22-20(15-17)19-9-5-6-10-21(19)25(22)18-7-3-2-4-8-18/h2-15H,1H3. The summed E-state index contributed by atoms with van der Waals surface area (Å²) in [5.41, 5.74) is 4.70. The molecule has 0 spiro atoms. The summed E-state index contributed by atoms with van der Waals surface area (Å²) in [5, 5.41) is 2.46. The van der Waals surface area contributed by atoms with Gasteiger partial charge in [0.15, 0.2) is 5.78 Å². The van der Waals surface area contributed by atoms with Crippen molar-refractivity contribution in [3.8, 4) is 16.1 Å². The topological polar surface area (TPSA) is 22.0 Å². The van der Waals surface area contributed by atoms with Crippen LogP contribution in [-0.2, 0) is 0 Å². The number of benzene rings is 3. The molecule has 3 aromatic carbocycles. The van der Waals surface area contributed by atoms with Crippen molar-refractivity contribution in [3.63, 3.8) is 0 Å². The van der Waals surface area contributed by atoms with Gasteiger partial charge in [0.1, 0.15) is 0 Å². The molecule has 0 radical (unpaired) electrons. The summed E-state index contributed by atoms with van der Waals surface area (Å²) >= 11 is 1.55. The lowest BCUT2D eigenvalue weighted by molar-refractivity contribution is 0.102. The van der Waals surface area contributed by atoms with Crippen molar-refractivity contribution >= 4 is 38.9 Å². The number of Topliss-reactive ketones (excluding diaryl/α,β-unsaturated/α-hetero) is 1. The van der Waals surface area contributed by atoms with Gasteiger partial charge in [0.25, 0.3) is 0 Å². The van der Waals surface area contributed by atoms with Crippen molar-refractivity contribution in [2.24, 2.45) is 0 Å². The molecular formula is C24H17NOS. The Kier molecular flexibility index (Phi) is 3.69. The van der Waals surface area contributed by atoms with E-state index in [1.54, 1.807) is 18.3 Å². The maximum atomic E-state index is 11.6. The molecule has 0 aliphatic carbocycles. The fourth-order valence-corrected chi connectivity index (χ4v) is 4.56. The summed E-state index contributed by atoms with van der Waals surface area (Å²) in [6.07, 6.45) is 0. The van der Waals surface area contributed by atoms with Gasteiger partial charge in [-0.2, -0.15) is 0 Å². The van der Waals surface area contributed by atoms with Gasteiger partial charge < -0.3 is 4.57 Å². The summed E-state index contributed by atoms with van der Waals surface area (Å²) in [5.74, 6) is 0.119. The number of thiophene rings is 1. The van der Waals surface area contributed by atoms with Crippen LogP contribution in [0.15, 0.2) is 84.9 Å². The van der Waals surface area contributed by atoms with E-state index >= 15 is 0 Å². The number of fused-ring (bicyclic) bond motifs is 3. The van der Waals surface area contributed by atoms with Crippen molar-refractivity contribution in [1.29, 1.82) is 0 Å².